The van der Waals surface area contributed by atoms with Gasteiger partial charge in [0.2, 0.25) is 5.95 Å². The van der Waals surface area contributed by atoms with Crippen molar-refractivity contribution in [1.82, 2.24) is 24.3 Å². The summed E-state index contributed by atoms with van der Waals surface area (Å²) in [6.45, 7) is 1.43. The van der Waals surface area contributed by atoms with Crippen molar-refractivity contribution in [3.05, 3.63) is 96.1 Å². The van der Waals surface area contributed by atoms with E-state index in [9.17, 15) is 4.39 Å². The van der Waals surface area contributed by atoms with Gasteiger partial charge in [-0.15, -0.1) is 11.8 Å². The monoisotopic (exact) mass is 498 g/mol. The second-order valence-electron chi connectivity index (χ2n) is 8.75. The SMILES string of the molecule is CSc1ccccc1CNc1nccc(-c2c(-c3ccc(F)cc3)nc3cc(CN(C)C)ccn23)n1. The maximum absolute atomic E-state index is 13.7. The molecule has 0 saturated carbocycles. The molecule has 6 nitrogen and oxygen atoms in total. The third-order valence-corrected chi connectivity index (χ3v) is 6.67. The first-order valence-corrected chi connectivity index (χ1v) is 12.8. The largest absolute Gasteiger partial charge is 0.350 e. The molecule has 0 radical (unpaired) electrons. The zero-order valence-electron chi connectivity index (χ0n) is 20.4. The van der Waals surface area contributed by atoms with Crippen LogP contribution in [0, 0.1) is 5.82 Å². The van der Waals surface area contributed by atoms with E-state index >= 15 is 0 Å². The zero-order chi connectivity index (χ0) is 25.1. The number of thioether (sulfide) groups is 1. The topological polar surface area (TPSA) is 58.4 Å². The van der Waals surface area contributed by atoms with Crippen LogP contribution in [-0.2, 0) is 13.1 Å². The molecule has 8 heteroatoms. The summed E-state index contributed by atoms with van der Waals surface area (Å²) >= 11 is 1.72. The van der Waals surface area contributed by atoms with Crippen LogP contribution in [0.1, 0.15) is 11.1 Å². The predicted molar refractivity (Wildman–Crippen MR) is 145 cm³/mol. The van der Waals surface area contributed by atoms with Crippen LogP contribution in [0.25, 0.3) is 28.3 Å². The lowest BCUT2D eigenvalue weighted by atomic mass is 10.1. The summed E-state index contributed by atoms with van der Waals surface area (Å²) in [6.07, 6.45) is 5.84. The molecule has 0 aliphatic rings. The van der Waals surface area contributed by atoms with E-state index < -0.39 is 0 Å². The fourth-order valence-corrected chi connectivity index (χ4v) is 4.82. The van der Waals surface area contributed by atoms with E-state index in [1.54, 1.807) is 30.1 Å². The molecular formula is C28H27FN6S. The number of hydrogen-bond acceptors (Lipinski definition) is 6. The molecule has 3 aromatic heterocycles. The van der Waals surface area contributed by atoms with Crippen molar-refractivity contribution in [3.8, 4) is 22.6 Å². The van der Waals surface area contributed by atoms with E-state index in [-0.39, 0.29) is 5.82 Å². The quantitative estimate of drug-likeness (QED) is 0.265. The highest BCUT2D eigenvalue weighted by molar-refractivity contribution is 7.98. The summed E-state index contributed by atoms with van der Waals surface area (Å²) < 4.78 is 15.7. The fraction of sp³-hybridized carbons (Fsp3) is 0.179. The first-order chi connectivity index (χ1) is 17.5. The molecule has 5 aromatic rings. The van der Waals surface area contributed by atoms with Crippen LogP contribution < -0.4 is 5.32 Å². The van der Waals surface area contributed by atoms with Gasteiger partial charge in [0.1, 0.15) is 11.5 Å². The molecule has 182 valence electrons. The molecule has 1 N–H and O–H groups in total. The Kier molecular flexibility index (Phi) is 6.97. The maximum Gasteiger partial charge on any atom is 0.223 e. The van der Waals surface area contributed by atoms with Gasteiger partial charge in [0.05, 0.1) is 17.1 Å². The summed E-state index contributed by atoms with van der Waals surface area (Å²) in [5.74, 6) is 0.254. The van der Waals surface area contributed by atoms with Crippen molar-refractivity contribution in [2.75, 3.05) is 25.7 Å². The van der Waals surface area contributed by atoms with Crippen LogP contribution in [0.2, 0.25) is 0 Å². The van der Waals surface area contributed by atoms with Crippen molar-refractivity contribution in [1.29, 1.82) is 0 Å². The van der Waals surface area contributed by atoms with Gasteiger partial charge in [0.25, 0.3) is 0 Å². The molecule has 0 saturated heterocycles. The average Bonchev–Trinajstić information content (AvgIpc) is 3.26. The van der Waals surface area contributed by atoms with Gasteiger partial charge >= 0.3 is 0 Å². The van der Waals surface area contributed by atoms with E-state index in [1.807, 2.05) is 42.9 Å². The van der Waals surface area contributed by atoms with Crippen LogP contribution >= 0.6 is 11.8 Å². The standard InChI is InChI=1S/C28H27FN6S/c1-34(2)18-19-13-15-35-25(16-19)33-26(20-8-10-22(29)11-9-20)27(35)23-12-14-30-28(32-23)31-17-21-6-4-5-7-24(21)36-3/h4-16H,17-18H2,1-3H3,(H,30,31,32). The molecule has 0 unspecified atom stereocenters. The second kappa shape index (κ2) is 10.5. The molecule has 0 fully saturated rings. The molecule has 0 aliphatic heterocycles. The Bertz CT molecular complexity index is 1500. The Labute approximate surface area is 214 Å². The number of nitrogens with zero attached hydrogens (tertiary/aromatic N) is 5. The Balaban J connectivity index is 1.56. The van der Waals surface area contributed by atoms with Gasteiger partial charge in [-0.3, -0.25) is 4.40 Å². The van der Waals surface area contributed by atoms with E-state index in [0.29, 0.717) is 12.5 Å². The maximum atomic E-state index is 13.7. The van der Waals surface area contributed by atoms with Crippen molar-refractivity contribution >= 4 is 23.4 Å². The fourth-order valence-electron chi connectivity index (χ4n) is 4.20. The number of hydrogen-bond donors (Lipinski definition) is 1. The number of imidazole rings is 1. The van der Waals surface area contributed by atoms with E-state index in [0.717, 1.165) is 40.4 Å². The minimum Gasteiger partial charge on any atom is -0.350 e. The number of anilines is 1. The zero-order valence-corrected chi connectivity index (χ0v) is 21.3. The molecule has 0 amide bonds. The highest BCUT2D eigenvalue weighted by Gasteiger charge is 2.18. The number of benzene rings is 2. The Morgan fingerprint density at radius 2 is 1.81 bits per heavy atom. The number of nitrogens with one attached hydrogen (secondary N) is 1. The van der Waals surface area contributed by atoms with Gasteiger partial charge in [0.15, 0.2) is 0 Å². The predicted octanol–water partition coefficient (Wildman–Crippen LogP) is 5.99. The molecule has 0 bridgehead atoms. The lowest BCUT2D eigenvalue weighted by molar-refractivity contribution is 0.402. The summed E-state index contributed by atoms with van der Waals surface area (Å²) in [6, 6.07) is 20.7. The minimum atomic E-state index is -0.281. The van der Waals surface area contributed by atoms with E-state index in [4.69, 9.17) is 9.97 Å². The number of aromatic nitrogens is 4. The average molecular weight is 499 g/mol. The molecule has 0 aliphatic carbocycles. The van der Waals surface area contributed by atoms with E-state index in [1.165, 1.54) is 22.6 Å². The van der Waals surface area contributed by atoms with Crippen LogP contribution in [0.15, 0.2) is 84.0 Å². The number of halogens is 1. The van der Waals surface area contributed by atoms with Crippen LogP contribution in [0.4, 0.5) is 10.3 Å². The van der Waals surface area contributed by atoms with Crippen LogP contribution in [-0.4, -0.2) is 44.6 Å². The van der Waals surface area contributed by atoms with Gasteiger partial charge in [-0.05, 0) is 80.0 Å². The third-order valence-electron chi connectivity index (χ3n) is 5.83. The molecule has 0 atom stereocenters. The van der Waals surface area contributed by atoms with Gasteiger partial charge < -0.3 is 10.2 Å². The second-order valence-corrected chi connectivity index (χ2v) is 9.60. The van der Waals surface area contributed by atoms with Crippen LogP contribution in [0.3, 0.4) is 0 Å². The van der Waals surface area contributed by atoms with Gasteiger partial charge in [-0.1, -0.05) is 18.2 Å². The molecule has 3 heterocycles. The van der Waals surface area contributed by atoms with Crippen molar-refractivity contribution in [2.24, 2.45) is 0 Å². The van der Waals surface area contributed by atoms with Gasteiger partial charge in [0, 0.05) is 35.9 Å². The number of fused-ring (bicyclic) bond motifs is 1. The molecule has 36 heavy (non-hydrogen) atoms. The Morgan fingerprint density at radius 1 is 1.00 bits per heavy atom. The van der Waals surface area contributed by atoms with Gasteiger partial charge in [-0.2, -0.15) is 0 Å². The Hall–Kier alpha value is -3.75. The minimum absolute atomic E-state index is 0.281. The molecular weight excluding hydrogens is 471 g/mol. The van der Waals surface area contributed by atoms with Gasteiger partial charge in [-0.25, -0.2) is 19.3 Å². The summed E-state index contributed by atoms with van der Waals surface area (Å²) in [5, 5.41) is 3.36. The third kappa shape index (κ3) is 5.10. The lowest BCUT2D eigenvalue weighted by Gasteiger charge is -2.11. The lowest BCUT2D eigenvalue weighted by Crippen LogP contribution is -2.10. The summed E-state index contributed by atoms with van der Waals surface area (Å²) in [5.41, 5.74) is 6.30. The first-order valence-electron chi connectivity index (χ1n) is 11.6. The van der Waals surface area contributed by atoms with Crippen molar-refractivity contribution in [3.63, 3.8) is 0 Å². The molecule has 0 spiro atoms. The van der Waals surface area contributed by atoms with E-state index in [2.05, 4.69) is 45.7 Å². The first kappa shape index (κ1) is 24.0. The summed E-state index contributed by atoms with van der Waals surface area (Å²) in [7, 11) is 4.08. The summed E-state index contributed by atoms with van der Waals surface area (Å²) in [4.78, 5) is 17.6. The highest BCUT2D eigenvalue weighted by atomic mass is 32.2. The number of pyridine rings is 1. The normalized spacial score (nSPS) is 11.4. The highest BCUT2D eigenvalue weighted by Crippen LogP contribution is 2.32. The molecule has 5 rings (SSSR count). The van der Waals surface area contributed by atoms with Crippen molar-refractivity contribution in [2.45, 2.75) is 18.0 Å². The number of rotatable bonds is 8. The van der Waals surface area contributed by atoms with Crippen LogP contribution in [0.5, 0.6) is 0 Å². The molecule has 2 aromatic carbocycles. The Morgan fingerprint density at radius 3 is 2.58 bits per heavy atom. The van der Waals surface area contributed by atoms with Crippen molar-refractivity contribution < 1.29 is 4.39 Å². The smallest absolute Gasteiger partial charge is 0.223 e.